The molecule has 0 aromatic heterocycles. The smallest absolute Gasteiger partial charge is 0.441 e. The molecule has 0 saturated carbocycles. The summed E-state index contributed by atoms with van der Waals surface area (Å²) in [5, 5.41) is 22.5. The van der Waals surface area contributed by atoms with Crippen molar-refractivity contribution in [2.24, 2.45) is 5.92 Å². The summed E-state index contributed by atoms with van der Waals surface area (Å²) in [6.07, 6.45) is -1.31. The van der Waals surface area contributed by atoms with Crippen molar-refractivity contribution < 1.29 is 33.9 Å². The Morgan fingerprint density at radius 2 is 2.04 bits per heavy atom. The third-order valence-electron chi connectivity index (χ3n) is 4.06. The standard InChI is InChI=1S/C16H16N4O7/c1-8(21)13-11(18-15(13)23)6-12(22)14(19-17)16(24)27-7-9-2-4-10(5-3-9)20(25)26/h2-5,8,11,13,21H,6-7H2,1H3,(H,18,23)/t8?,11-,13-/m1/s1. The van der Waals surface area contributed by atoms with Crippen LogP contribution in [-0.2, 0) is 25.7 Å². The van der Waals surface area contributed by atoms with Crippen LogP contribution in [0.5, 0.6) is 0 Å². The van der Waals surface area contributed by atoms with Crippen LogP contribution in [-0.4, -0.2) is 50.3 Å². The number of nitro benzene ring substituents is 1. The van der Waals surface area contributed by atoms with Gasteiger partial charge < -0.3 is 20.7 Å². The highest BCUT2D eigenvalue weighted by Crippen LogP contribution is 2.22. The zero-order chi connectivity index (χ0) is 20.1. The van der Waals surface area contributed by atoms with E-state index in [2.05, 4.69) is 10.1 Å². The quantitative estimate of drug-likeness (QED) is 0.0920. The van der Waals surface area contributed by atoms with Gasteiger partial charge in [-0.15, -0.1) is 0 Å². The van der Waals surface area contributed by atoms with Gasteiger partial charge in [-0.2, -0.15) is 4.79 Å². The fraction of sp³-hybridized carbons (Fsp3) is 0.375. The van der Waals surface area contributed by atoms with Crippen molar-refractivity contribution in [3.05, 3.63) is 45.5 Å². The molecule has 27 heavy (non-hydrogen) atoms. The maximum atomic E-state index is 12.1. The van der Waals surface area contributed by atoms with Crippen LogP contribution in [0.3, 0.4) is 0 Å². The van der Waals surface area contributed by atoms with E-state index in [1.807, 2.05) is 0 Å². The molecule has 1 fully saturated rings. The third-order valence-corrected chi connectivity index (χ3v) is 4.06. The first-order chi connectivity index (χ1) is 12.7. The summed E-state index contributed by atoms with van der Waals surface area (Å²) in [5.41, 5.74) is 8.40. The molecular formula is C16H16N4O7. The van der Waals surface area contributed by atoms with Crippen LogP contribution in [0, 0.1) is 16.0 Å². The molecule has 1 saturated heterocycles. The Morgan fingerprint density at radius 1 is 1.41 bits per heavy atom. The second-order valence-electron chi connectivity index (χ2n) is 5.96. The van der Waals surface area contributed by atoms with E-state index in [4.69, 9.17) is 10.3 Å². The maximum Gasteiger partial charge on any atom is 0.441 e. The summed E-state index contributed by atoms with van der Waals surface area (Å²) in [7, 11) is 0. The van der Waals surface area contributed by atoms with Gasteiger partial charge in [-0.25, -0.2) is 4.79 Å². The van der Waals surface area contributed by atoms with E-state index in [9.17, 15) is 29.6 Å². The van der Waals surface area contributed by atoms with E-state index in [-0.39, 0.29) is 18.7 Å². The first-order valence-corrected chi connectivity index (χ1v) is 7.88. The lowest BCUT2D eigenvalue weighted by Crippen LogP contribution is -2.62. The zero-order valence-electron chi connectivity index (χ0n) is 14.2. The Kier molecular flexibility index (Phi) is 6.11. The zero-order valence-corrected chi connectivity index (χ0v) is 14.2. The van der Waals surface area contributed by atoms with Crippen LogP contribution in [0.25, 0.3) is 5.53 Å². The van der Waals surface area contributed by atoms with E-state index >= 15 is 0 Å². The van der Waals surface area contributed by atoms with Crippen LogP contribution >= 0.6 is 0 Å². The molecule has 1 aliphatic heterocycles. The number of ether oxygens (including phenoxy) is 1. The summed E-state index contributed by atoms with van der Waals surface area (Å²) in [4.78, 5) is 48.1. The highest BCUT2D eigenvalue weighted by atomic mass is 16.6. The number of non-ortho nitro benzene ring substituents is 1. The number of esters is 1. The number of aliphatic hydroxyl groups is 1. The monoisotopic (exact) mass is 376 g/mol. The molecule has 0 radical (unpaired) electrons. The SMILES string of the molecule is CC(O)[C@H]1C(=O)N[C@@H]1CC(=O)C(=[N+]=[N-])C(=O)OCc1ccc([N+](=O)[O-])cc1. The number of Topliss-reactive ketones (excluding diaryl/α,β-unsaturated/α-hetero) is 1. The molecule has 0 bridgehead atoms. The number of amides is 1. The van der Waals surface area contributed by atoms with Gasteiger partial charge in [0.2, 0.25) is 5.91 Å². The normalized spacial score (nSPS) is 19.1. The van der Waals surface area contributed by atoms with Gasteiger partial charge in [0, 0.05) is 18.6 Å². The minimum Gasteiger partial charge on any atom is -0.452 e. The topological polar surface area (TPSA) is 172 Å². The van der Waals surface area contributed by atoms with Crippen LogP contribution in [0.1, 0.15) is 18.9 Å². The van der Waals surface area contributed by atoms with Crippen molar-refractivity contribution in [2.45, 2.75) is 32.1 Å². The third kappa shape index (κ3) is 4.60. The molecule has 1 aromatic carbocycles. The van der Waals surface area contributed by atoms with Gasteiger partial charge in [0.15, 0.2) is 0 Å². The predicted molar refractivity (Wildman–Crippen MR) is 88.2 cm³/mol. The first kappa shape index (κ1) is 19.9. The van der Waals surface area contributed by atoms with Gasteiger partial charge >= 0.3 is 11.7 Å². The molecule has 2 rings (SSSR count). The lowest BCUT2D eigenvalue weighted by molar-refractivity contribution is -0.384. The molecule has 2 N–H and O–H groups in total. The fourth-order valence-corrected chi connectivity index (χ4v) is 2.63. The molecule has 1 unspecified atom stereocenters. The molecule has 0 spiro atoms. The van der Waals surface area contributed by atoms with Crippen molar-refractivity contribution in [2.75, 3.05) is 0 Å². The summed E-state index contributed by atoms with van der Waals surface area (Å²) in [6, 6.07) is 4.53. The van der Waals surface area contributed by atoms with E-state index in [1.54, 1.807) is 0 Å². The number of carbonyl (C=O) groups excluding carboxylic acids is 3. The molecule has 0 aliphatic carbocycles. The molecule has 142 valence electrons. The largest absolute Gasteiger partial charge is 0.452 e. The van der Waals surface area contributed by atoms with Gasteiger partial charge in [0.05, 0.1) is 23.0 Å². The highest BCUT2D eigenvalue weighted by Gasteiger charge is 2.45. The average Bonchev–Trinajstić information content (AvgIpc) is 2.59. The number of nitrogens with one attached hydrogen (secondary N) is 1. The number of carbonyl (C=O) groups is 3. The van der Waals surface area contributed by atoms with Crippen LogP contribution in [0.15, 0.2) is 24.3 Å². The number of rotatable bonds is 8. The number of β-lactam (4-membered cyclic amide) rings is 1. The molecule has 1 aliphatic rings. The second kappa shape index (κ2) is 8.30. The molecule has 1 amide bonds. The predicted octanol–water partition coefficient (Wildman–Crippen LogP) is -0.237. The van der Waals surface area contributed by atoms with E-state index in [0.29, 0.717) is 5.56 Å². The fourth-order valence-electron chi connectivity index (χ4n) is 2.63. The number of aliphatic hydroxyl groups excluding tert-OH is 1. The van der Waals surface area contributed by atoms with Gasteiger partial charge in [0.1, 0.15) is 6.61 Å². The van der Waals surface area contributed by atoms with Crippen molar-refractivity contribution in [1.82, 2.24) is 5.32 Å². The molecule has 11 heteroatoms. The first-order valence-electron chi connectivity index (χ1n) is 7.88. The number of hydrogen-bond donors (Lipinski definition) is 2. The Balaban J connectivity index is 1.93. The van der Waals surface area contributed by atoms with E-state index in [1.165, 1.54) is 31.2 Å². The van der Waals surface area contributed by atoms with Gasteiger partial charge in [-0.3, -0.25) is 19.7 Å². The number of benzene rings is 1. The van der Waals surface area contributed by atoms with E-state index in [0.717, 1.165) is 0 Å². The van der Waals surface area contributed by atoms with E-state index < -0.39 is 46.4 Å². The highest BCUT2D eigenvalue weighted by molar-refractivity contribution is 6.62. The van der Waals surface area contributed by atoms with Gasteiger partial charge in [0.25, 0.3) is 11.5 Å². The van der Waals surface area contributed by atoms with Crippen molar-refractivity contribution in [1.29, 1.82) is 0 Å². The lowest BCUT2D eigenvalue weighted by atomic mass is 9.82. The van der Waals surface area contributed by atoms with Crippen LogP contribution in [0.2, 0.25) is 0 Å². The van der Waals surface area contributed by atoms with Gasteiger partial charge in [-0.1, -0.05) is 0 Å². The van der Waals surface area contributed by atoms with Crippen molar-refractivity contribution >= 4 is 29.1 Å². The Hall–Kier alpha value is -3.43. The van der Waals surface area contributed by atoms with Crippen LogP contribution < -0.4 is 5.32 Å². The summed E-state index contributed by atoms with van der Waals surface area (Å²) < 4.78 is 4.87. The summed E-state index contributed by atoms with van der Waals surface area (Å²) >= 11 is 0. The van der Waals surface area contributed by atoms with Crippen molar-refractivity contribution in [3.8, 4) is 0 Å². The summed E-state index contributed by atoms with van der Waals surface area (Å²) in [6.45, 7) is 1.11. The minimum atomic E-state index is -1.18. The average molecular weight is 376 g/mol. The maximum absolute atomic E-state index is 12.1. The van der Waals surface area contributed by atoms with Crippen molar-refractivity contribution in [3.63, 3.8) is 0 Å². The Labute approximate surface area is 152 Å². The Morgan fingerprint density at radius 3 is 2.52 bits per heavy atom. The second-order valence-corrected chi connectivity index (χ2v) is 5.96. The summed E-state index contributed by atoms with van der Waals surface area (Å²) in [5.74, 6) is -3.24. The minimum absolute atomic E-state index is 0.131. The molecule has 11 nitrogen and oxygen atoms in total. The Bertz CT molecular complexity index is 828. The van der Waals surface area contributed by atoms with Gasteiger partial charge in [-0.05, 0) is 24.6 Å². The number of nitro groups is 1. The number of ketones is 1. The number of hydrogen-bond acceptors (Lipinski definition) is 7. The number of nitrogens with zero attached hydrogens (tertiary/aromatic N) is 3. The molecule has 1 heterocycles. The molecular weight excluding hydrogens is 360 g/mol. The lowest BCUT2D eigenvalue weighted by Gasteiger charge is -2.37. The van der Waals surface area contributed by atoms with Crippen LogP contribution in [0.4, 0.5) is 5.69 Å². The molecule has 3 atom stereocenters. The molecule has 1 aromatic rings.